The highest BCUT2D eigenvalue weighted by atomic mass is 19.1. The van der Waals surface area contributed by atoms with E-state index in [1.807, 2.05) is 9.80 Å². The number of likely N-dealkylation sites (tertiary alicyclic amines) is 1. The molecule has 2 bridgehead atoms. The molecule has 2 saturated heterocycles. The van der Waals surface area contributed by atoms with Crippen LogP contribution in [0.4, 0.5) is 4.39 Å². The summed E-state index contributed by atoms with van der Waals surface area (Å²) in [6.45, 7) is 0.983. The fourth-order valence-corrected chi connectivity index (χ4v) is 4.92. The summed E-state index contributed by atoms with van der Waals surface area (Å²) in [4.78, 5) is 33.1. The molecule has 0 spiro atoms. The van der Waals surface area contributed by atoms with Gasteiger partial charge in [0.05, 0.1) is 29.7 Å². The maximum Gasteiger partial charge on any atom is 0.256 e. The quantitative estimate of drug-likeness (QED) is 0.624. The van der Waals surface area contributed by atoms with Gasteiger partial charge in [-0.25, -0.2) is 4.98 Å². The van der Waals surface area contributed by atoms with Crippen molar-refractivity contribution in [1.82, 2.24) is 14.8 Å². The van der Waals surface area contributed by atoms with E-state index in [4.69, 9.17) is 0 Å². The van der Waals surface area contributed by atoms with Crippen LogP contribution >= 0.6 is 0 Å². The summed E-state index contributed by atoms with van der Waals surface area (Å²) in [7, 11) is 0. The van der Waals surface area contributed by atoms with Crippen molar-refractivity contribution in [1.29, 1.82) is 0 Å². The molecule has 2 amide bonds. The third-order valence-corrected chi connectivity index (χ3v) is 6.48. The molecule has 1 aliphatic carbocycles. The molecule has 0 radical (unpaired) electrons. The van der Waals surface area contributed by atoms with E-state index >= 15 is 0 Å². The van der Waals surface area contributed by atoms with Gasteiger partial charge in [-0.2, -0.15) is 4.39 Å². The van der Waals surface area contributed by atoms with Crippen molar-refractivity contribution in [3.63, 3.8) is 0 Å². The van der Waals surface area contributed by atoms with Gasteiger partial charge in [0.2, 0.25) is 11.9 Å². The molecule has 7 heteroatoms. The van der Waals surface area contributed by atoms with Gasteiger partial charge >= 0.3 is 0 Å². The van der Waals surface area contributed by atoms with Gasteiger partial charge in [0, 0.05) is 19.3 Å². The van der Waals surface area contributed by atoms with E-state index in [2.05, 4.69) is 17.1 Å². The molecule has 2 aliphatic heterocycles. The first kappa shape index (κ1) is 20.0. The molecule has 156 valence electrons. The summed E-state index contributed by atoms with van der Waals surface area (Å²) in [5.41, 5.74) is -0.562. The predicted molar refractivity (Wildman–Crippen MR) is 106 cm³/mol. The van der Waals surface area contributed by atoms with Gasteiger partial charge in [-0.1, -0.05) is 12.2 Å². The van der Waals surface area contributed by atoms with E-state index in [0.717, 1.165) is 32.1 Å². The molecule has 6 nitrogen and oxygen atoms in total. The minimum absolute atomic E-state index is 0.0236. The Labute approximate surface area is 170 Å². The van der Waals surface area contributed by atoms with Crippen molar-refractivity contribution in [2.45, 2.75) is 69.1 Å². The molecule has 2 unspecified atom stereocenters. The highest BCUT2D eigenvalue weighted by Crippen LogP contribution is 2.33. The number of aliphatic hydroxyl groups is 1. The van der Waals surface area contributed by atoms with Gasteiger partial charge in [-0.3, -0.25) is 9.59 Å². The van der Waals surface area contributed by atoms with Crippen LogP contribution in [0.15, 0.2) is 30.5 Å². The van der Waals surface area contributed by atoms with Crippen molar-refractivity contribution < 1.29 is 19.1 Å². The number of rotatable bonds is 3. The van der Waals surface area contributed by atoms with Crippen molar-refractivity contribution in [3.05, 3.63) is 42.0 Å². The molecular formula is C22H28FN3O3. The number of nitrogens with zero attached hydrogens (tertiary/aromatic N) is 3. The van der Waals surface area contributed by atoms with E-state index in [1.165, 1.54) is 18.3 Å². The zero-order valence-electron chi connectivity index (χ0n) is 16.6. The number of pyridine rings is 1. The molecule has 3 aliphatic rings. The SMILES string of the molecule is O=C(C[C@]1(O)CC/C=C\CCC1)N1CC2CCC(C1)N2C(=O)c1ccc(F)nc1. The standard InChI is InChI=1S/C22H28FN3O3/c23-19-9-6-16(13-24-19)21(28)26-17-7-8-18(26)15-25(14-17)20(27)12-22(29)10-4-2-1-3-5-11-22/h1-2,6,9,13,17-18,29H,3-5,7-8,10-12,14-15H2/b2-1-/t17?,18?,22-/m0/s1. The third-order valence-electron chi connectivity index (χ3n) is 6.48. The number of hydrogen-bond acceptors (Lipinski definition) is 4. The summed E-state index contributed by atoms with van der Waals surface area (Å²) in [5.74, 6) is -0.783. The van der Waals surface area contributed by atoms with Crippen molar-refractivity contribution in [2.75, 3.05) is 13.1 Å². The van der Waals surface area contributed by atoms with Crippen LogP contribution in [-0.4, -0.2) is 62.5 Å². The van der Waals surface area contributed by atoms with Crippen LogP contribution in [0, 0.1) is 5.95 Å². The van der Waals surface area contributed by atoms with E-state index in [-0.39, 0.29) is 30.3 Å². The molecule has 3 atom stereocenters. The molecule has 1 aromatic rings. The number of amides is 2. The Morgan fingerprint density at radius 2 is 1.86 bits per heavy atom. The van der Waals surface area contributed by atoms with Crippen LogP contribution in [0.1, 0.15) is 61.7 Å². The zero-order chi connectivity index (χ0) is 20.4. The van der Waals surface area contributed by atoms with Crippen LogP contribution in [-0.2, 0) is 4.79 Å². The topological polar surface area (TPSA) is 73.7 Å². The van der Waals surface area contributed by atoms with E-state index < -0.39 is 11.5 Å². The molecule has 1 aromatic heterocycles. The van der Waals surface area contributed by atoms with Gasteiger partial charge < -0.3 is 14.9 Å². The van der Waals surface area contributed by atoms with Crippen LogP contribution in [0.5, 0.6) is 0 Å². The lowest BCUT2D eigenvalue weighted by Gasteiger charge is -2.42. The average molecular weight is 401 g/mol. The maximum atomic E-state index is 13.1. The molecule has 1 N–H and O–H groups in total. The van der Waals surface area contributed by atoms with Crippen molar-refractivity contribution >= 4 is 11.8 Å². The number of halogens is 1. The van der Waals surface area contributed by atoms with E-state index in [0.29, 0.717) is 31.5 Å². The van der Waals surface area contributed by atoms with Gasteiger partial charge in [0.1, 0.15) is 0 Å². The number of carbonyl (C=O) groups excluding carboxylic acids is 2. The van der Waals surface area contributed by atoms with Gasteiger partial charge in [-0.15, -0.1) is 0 Å². The van der Waals surface area contributed by atoms with Gasteiger partial charge in [0.25, 0.3) is 5.91 Å². The van der Waals surface area contributed by atoms with E-state index in [9.17, 15) is 19.1 Å². The molecular weight excluding hydrogens is 373 g/mol. The third kappa shape index (κ3) is 4.34. The second-order valence-corrected chi connectivity index (χ2v) is 8.57. The summed E-state index contributed by atoms with van der Waals surface area (Å²) in [6.07, 6.45) is 11.2. The highest BCUT2D eigenvalue weighted by molar-refractivity contribution is 5.94. The summed E-state index contributed by atoms with van der Waals surface area (Å²) in [6, 6.07) is 2.58. The predicted octanol–water partition coefficient (Wildman–Crippen LogP) is 2.68. The minimum atomic E-state index is -0.937. The van der Waals surface area contributed by atoms with Crippen molar-refractivity contribution in [3.8, 4) is 0 Å². The lowest BCUT2D eigenvalue weighted by atomic mass is 9.86. The first-order valence-electron chi connectivity index (χ1n) is 10.5. The van der Waals surface area contributed by atoms with Crippen molar-refractivity contribution in [2.24, 2.45) is 0 Å². The summed E-state index contributed by atoms with van der Waals surface area (Å²) < 4.78 is 13.1. The average Bonchev–Trinajstić information content (AvgIpc) is 2.94. The van der Waals surface area contributed by atoms with Crippen LogP contribution < -0.4 is 0 Å². The first-order valence-corrected chi connectivity index (χ1v) is 10.5. The van der Waals surface area contributed by atoms with Gasteiger partial charge in [-0.05, 0) is 57.1 Å². The Morgan fingerprint density at radius 3 is 2.55 bits per heavy atom. The minimum Gasteiger partial charge on any atom is -0.389 e. The van der Waals surface area contributed by atoms with Crippen LogP contribution in [0.2, 0.25) is 0 Å². The number of aromatic nitrogens is 1. The second-order valence-electron chi connectivity index (χ2n) is 8.57. The number of fused-ring (bicyclic) bond motifs is 2. The molecule has 0 saturated carbocycles. The summed E-state index contributed by atoms with van der Waals surface area (Å²) >= 11 is 0. The number of hydrogen-bond donors (Lipinski definition) is 1. The lowest BCUT2D eigenvalue weighted by molar-refractivity contribution is -0.140. The Balaban J connectivity index is 1.40. The molecule has 29 heavy (non-hydrogen) atoms. The van der Waals surface area contributed by atoms with Crippen LogP contribution in [0.25, 0.3) is 0 Å². The van der Waals surface area contributed by atoms with Gasteiger partial charge in [0.15, 0.2) is 0 Å². The van der Waals surface area contributed by atoms with E-state index in [1.54, 1.807) is 0 Å². The molecule has 2 fully saturated rings. The number of piperazine rings is 1. The molecule has 0 aromatic carbocycles. The maximum absolute atomic E-state index is 13.1. The Morgan fingerprint density at radius 1 is 1.14 bits per heavy atom. The Bertz CT molecular complexity index is 783. The smallest absolute Gasteiger partial charge is 0.256 e. The number of allylic oxidation sites excluding steroid dienone is 2. The van der Waals surface area contributed by atoms with Crippen LogP contribution in [0.3, 0.4) is 0 Å². The Kier molecular flexibility index (Phi) is 5.67. The largest absolute Gasteiger partial charge is 0.389 e. The summed E-state index contributed by atoms with van der Waals surface area (Å²) in [5, 5.41) is 11.0. The highest BCUT2D eigenvalue weighted by Gasteiger charge is 2.45. The zero-order valence-corrected chi connectivity index (χ0v) is 16.6. The second kappa shape index (κ2) is 8.22. The fraction of sp³-hybridized carbons (Fsp3) is 0.591. The normalized spacial score (nSPS) is 30.6. The first-order chi connectivity index (χ1) is 14.0. The molecule has 4 rings (SSSR count). The fourth-order valence-electron chi connectivity index (χ4n) is 4.92. The lowest BCUT2D eigenvalue weighted by Crippen LogP contribution is -2.57. The Hall–Kier alpha value is -2.28. The number of carbonyl (C=O) groups is 2. The monoisotopic (exact) mass is 401 g/mol. The molecule has 3 heterocycles.